The average Bonchev–Trinajstić information content (AvgIpc) is 3.57. The van der Waals surface area contributed by atoms with Gasteiger partial charge in [0.2, 0.25) is 0 Å². The zero-order valence-corrected chi connectivity index (χ0v) is 21.0. The number of aromatic amines is 1. The van der Waals surface area contributed by atoms with Crippen LogP contribution in [0.3, 0.4) is 0 Å². The molecule has 0 unspecified atom stereocenters. The maximum atomic E-state index is 14.4. The van der Waals surface area contributed by atoms with Crippen molar-refractivity contribution in [2.75, 3.05) is 0 Å². The van der Waals surface area contributed by atoms with E-state index in [9.17, 15) is 13.6 Å². The van der Waals surface area contributed by atoms with Crippen LogP contribution < -0.4 is 5.69 Å². The van der Waals surface area contributed by atoms with E-state index in [1.54, 1.807) is 0 Å². The van der Waals surface area contributed by atoms with Gasteiger partial charge >= 0.3 is 5.69 Å². The Balaban J connectivity index is 1.56. The van der Waals surface area contributed by atoms with E-state index >= 15 is 0 Å². The van der Waals surface area contributed by atoms with E-state index in [0.29, 0.717) is 30.8 Å². The zero-order chi connectivity index (χ0) is 26.5. The second-order valence-corrected chi connectivity index (χ2v) is 9.13. The number of aryl methyl sites for hydroxylation is 1. The molecule has 2 heterocycles. The van der Waals surface area contributed by atoms with Gasteiger partial charge in [-0.25, -0.2) is 18.7 Å². The molecule has 1 N–H and O–H groups in total. The molecule has 0 aliphatic rings. The summed E-state index contributed by atoms with van der Waals surface area (Å²) in [6, 6.07) is 25.2. The molecule has 0 aliphatic heterocycles. The van der Waals surface area contributed by atoms with E-state index in [1.807, 2.05) is 85.8 Å². The van der Waals surface area contributed by atoms with E-state index in [1.165, 1.54) is 9.13 Å². The molecule has 0 bridgehead atoms. The third kappa shape index (κ3) is 5.18. The highest BCUT2D eigenvalue weighted by molar-refractivity contribution is 5.80. The van der Waals surface area contributed by atoms with Crippen LogP contribution in [0, 0.1) is 0 Å². The fourth-order valence-corrected chi connectivity index (χ4v) is 4.88. The van der Waals surface area contributed by atoms with Gasteiger partial charge in [-0.2, -0.15) is 0 Å². The lowest BCUT2D eigenvalue weighted by Crippen LogP contribution is -2.27. The minimum Gasteiger partial charge on any atom is -0.291 e. The molecule has 0 saturated heterocycles. The van der Waals surface area contributed by atoms with Gasteiger partial charge in [0.25, 0.3) is 6.43 Å². The predicted molar refractivity (Wildman–Crippen MR) is 142 cm³/mol. The highest BCUT2D eigenvalue weighted by Crippen LogP contribution is 2.31. The second-order valence-electron chi connectivity index (χ2n) is 9.13. The standard InChI is InChI=1S/C29H28F2N6O/c1-2-9-25-26(27(30)31)36(17-16-20-10-5-3-6-11-20)29(38)37(25)19-21-14-15-23(22-12-7-4-8-13-22)24(18-21)28-32-34-35-33-28/h3-8,10-15,18,27H,2,9,16-17,19H2,1H3,(H,32,33,34,35). The highest BCUT2D eigenvalue weighted by atomic mass is 19.3. The molecule has 0 spiro atoms. The Morgan fingerprint density at radius 2 is 1.61 bits per heavy atom. The molecule has 0 fully saturated rings. The Kier molecular flexibility index (Phi) is 7.53. The first-order valence-corrected chi connectivity index (χ1v) is 12.6. The Morgan fingerprint density at radius 3 is 2.26 bits per heavy atom. The van der Waals surface area contributed by atoms with E-state index in [4.69, 9.17) is 0 Å². The molecular formula is C29H28F2N6O. The zero-order valence-electron chi connectivity index (χ0n) is 21.0. The summed E-state index contributed by atoms with van der Waals surface area (Å²) in [7, 11) is 0. The molecule has 0 amide bonds. The maximum Gasteiger partial charge on any atom is 0.329 e. The molecule has 0 aliphatic carbocycles. The SMILES string of the molecule is CCCc1c(C(F)F)n(CCc2ccccc2)c(=O)n1Cc1ccc(-c2ccccc2)c(-c2nnn[nH]2)c1. The van der Waals surface area contributed by atoms with Crippen LogP contribution >= 0.6 is 0 Å². The number of imidazole rings is 1. The minimum absolute atomic E-state index is 0.163. The number of nitrogens with zero attached hydrogens (tertiary/aromatic N) is 5. The van der Waals surface area contributed by atoms with Crippen LogP contribution in [0.15, 0.2) is 83.7 Å². The van der Waals surface area contributed by atoms with Crippen molar-refractivity contribution in [3.63, 3.8) is 0 Å². The van der Waals surface area contributed by atoms with Crippen LogP contribution in [0.25, 0.3) is 22.5 Å². The number of H-pyrrole nitrogens is 1. The smallest absolute Gasteiger partial charge is 0.291 e. The largest absolute Gasteiger partial charge is 0.329 e. The number of alkyl halides is 2. The number of nitrogens with one attached hydrogen (secondary N) is 1. The van der Waals surface area contributed by atoms with E-state index in [0.717, 1.165) is 27.8 Å². The summed E-state index contributed by atoms with van der Waals surface area (Å²) >= 11 is 0. The first kappa shape index (κ1) is 25.3. The van der Waals surface area contributed by atoms with Crippen molar-refractivity contribution in [3.8, 4) is 22.5 Å². The minimum atomic E-state index is -2.75. The molecule has 2 aromatic heterocycles. The summed E-state index contributed by atoms with van der Waals surface area (Å²) in [5, 5.41) is 14.3. The van der Waals surface area contributed by atoms with Gasteiger partial charge < -0.3 is 0 Å². The van der Waals surface area contributed by atoms with E-state index < -0.39 is 12.1 Å². The number of halogens is 2. The fourth-order valence-electron chi connectivity index (χ4n) is 4.88. The first-order valence-electron chi connectivity index (χ1n) is 12.6. The van der Waals surface area contributed by atoms with Gasteiger partial charge in [-0.05, 0) is 51.6 Å². The number of hydrogen-bond acceptors (Lipinski definition) is 4. The first-order chi connectivity index (χ1) is 18.6. The van der Waals surface area contributed by atoms with Crippen LogP contribution in [0.2, 0.25) is 0 Å². The number of rotatable bonds is 10. The average molecular weight is 515 g/mol. The van der Waals surface area contributed by atoms with Gasteiger partial charge in [-0.1, -0.05) is 86.1 Å². The summed E-state index contributed by atoms with van der Waals surface area (Å²) in [5.41, 5.74) is 4.23. The lowest BCUT2D eigenvalue weighted by atomic mass is 9.97. The summed E-state index contributed by atoms with van der Waals surface area (Å²) in [6.07, 6.45) is -1.24. The van der Waals surface area contributed by atoms with Crippen LogP contribution in [-0.2, 0) is 25.9 Å². The third-order valence-corrected chi connectivity index (χ3v) is 6.64. The van der Waals surface area contributed by atoms with Gasteiger partial charge in [0.1, 0.15) is 5.69 Å². The van der Waals surface area contributed by atoms with Gasteiger partial charge in [-0.15, -0.1) is 5.10 Å². The third-order valence-electron chi connectivity index (χ3n) is 6.64. The van der Waals surface area contributed by atoms with Crippen molar-refractivity contribution in [1.82, 2.24) is 29.8 Å². The summed E-state index contributed by atoms with van der Waals surface area (Å²) in [5.74, 6) is 0.487. The monoisotopic (exact) mass is 514 g/mol. The Hall–Kier alpha value is -4.40. The number of tetrazole rings is 1. The predicted octanol–water partition coefficient (Wildman–Crippen LogP) is 5.68. The molecule has 5 aromatic rings. The van der Waals surface area contributed by atoms with Gasteiger partial charge in [0.15, 0.2) is 5.82 Å². The van der Waals surface area contributed by atoms with Crippen molar-refractivity contribution in [2.45, 2.75) is 45.7 Å². The van der Waals surface area contributed by atoms with Gasteiger partial charge in [0, 0.05) is 17.8 Å². The van der Waals surface area contributed by atoms with Crippen LogP contribution in [0.4, 0.5) is 8.78 Å². The van der Waals surface area contributed by atoms with E-state index in [2.05, 4.69) is 20.6 Å². The molecule has 0 radical (unpaired) electrons. The summed E-state index contributed by atoms with van der Waals surface area (Å²) < 4.78 is 31.5. The quantitative estimate of drug-likeness (QED) is 0.260. The molecule has 3 aromatic carbocycles. The maximum absolute atomic E-state index is 14.4. The summed E-state index contributed by atoms with van der Waals surface area (Å²) in [6.45, 7) is 2.28. The van der Waals surface area contributed by atoms with E-state index in [-0.39, 0.29) is 18.8 Å². The van der Waals surface area contributed by atoms with Gasteiger partial charge in [-0.3, -0.25) is 9.13 Å². The Labute approximate surface area is 218 Å². The van der Waals surface area contributed by atoms with Crippen LogP contribution in [-0.4, -0.2) is 29.8 Å². The number of aromatic nitrogens is 6. The lowest BCUT2D eigenvalue weighted by Gasteiger charge is -2.12. The number of hydrogen-bond donors (Lipinski definition) is 1. The molecular weight excluding hydrogens is 486 g/mol. The van der Waals surface area contributed by atoms with Crippen molar-refractivity contribution in [3.05, 3.63) is 112 Å². The molecule has 194 valence electrons. The van der Waals surface area contributed by atoms with Crippen molar-refractivity contribution in [1.29, 1.82) is 0 Å². The van der Waals surface area contributed by atoms with Crippen molar-refractivity contribution in [2.24, 2.45) is 0 Å². The molecule has 38 heavy (non-hydrogen) atoms. The van der Waals surface area contributed by atoms with Crippen molar-refractivity contribution < 1.29 is 8.78 Å². The molecule has 5 rings (SSSR count). The molecule has 0 saturated carbocycles. The molecule has 7 nitrogen and oxygen atoms in total. The Morgan fingerprint density at radius 1 is 0.868 bits per heavy atom. The van der Waals surface area contributed by atoms with Crippen LogP contribution in [0.5, 0.6) is 0 Å². The van der Waals surface area contributed by atoms with Crippen LogP contribution in [0.1, 0.15) is 42.3 Å². The summed E-state index contributed by atoms with van der Waals surface area (Å²) in [4.78, 5) is 13.6. The topological polar surface area (TPSA) is 81.4 Å². The lowest BCUT2D eigenvalue weighted by molar-refractivity contribution is 0.139. The Bertz CT molecular complexity index is 1540. The number of benzene rings is 3. The fraction of sp³-hybridized carbons (Fsp3) is 0.241. The molecule has 0 atom stereocenters. The molecule has 9 heteroatoms. The highest BCUT2D eigenvalue weighted by Gasteiger charge is 2.26. The normalized spacial score (nSPS) is 11.4. The van der Waals surface area contributed by atoms with Crippen molar-refractivity contribution >= 4 is 0 Å². The second kappa shape index (κ2) is 11.3. The van der Waals surface area contributed by atoms with Gasteiger partial charge in [0.05, 0.1) is 6.54 Å².